The third kappa shape index (κ3) is 5.37. The van der Waals surface area contributed by atoms with E-state index in [2.05, 4.69) is 46.2 Å². The lowest BCUT2D eigenvalue weighted by molar-refractivity contribution is -0.130. The number of hydrogen-bond acceptors (Lipinski definition) is 6. The highest BCUT2D eigenvalue weighted by molar-refractivity contribution is 5.90. The Morgan fingerprint density at radius 1 is 1.07 bits per heavy atom. The molecule has 3 rings (SSSR count). The van der Waals surface area contributed by atoms with Crippen LogP contribution in [0.4, 0.5) is 10.6 Å². The Kier molecular flexibility index (Phi) is 6.43. The molecule has 1 N–H and O–H groups in total. The van der Waals surface area contributed by atoms with Gasteiger partial charge >= 0.3 is 6.09 Å². The first-order valence-electron chi connectivity index (χ1n) is 10.4. The van der Waals surface area contributed by atoms with E-state index < -0.39 is 11.7 Å². The van der Waals surface area contributed by atoms with Crippen molar-refractivity contribution in [1.82, 2.24) is 20.2 Å². The quantitative estimate of drug-likeness (QED) is 0.833. The summed E-state index contributed by atoms with van der Waals surface area (Å²) in [5, 5.41) is 3.58. The second-order valence-corrected chi connectivity index (χ2v) is 8.73. The third-order valence-electron chi connectivity index (χ3n) is 5.16. The normalized spacial score (nSPS) is 15.1. The second-order valence-electron chi connectivity index (χ2n) is 8.73. The molecule has 1 aliphatic heterocycles. The Bertz CT molecular complexity index is 938. The zero-order valence-electron chi connectivity index (χ0n) is 18.5. The summed E-state index contributed by atoms with van der Waals surface area (Å²) in [6.45, 7) is 12.2. The zero-order valence-corrected chi connectivity index (χ0v) is 18.5. The molecule has 2 amide bonds. The number of nitrogens with zero attached hydrogens (tertiary/aromatic N) is 4. The van der Waals surface area contributed by atoms with Crippen LogP contribution in [0, 0.1) is 13.8 Å². The average molecular weight is 414 g/mol. The monoisotopic (exact) mass is 413 g/mol. The van der Waals surface area contributed by atoms with Gasteiger partial charge in [0.1, 0.15) is 24.3 Å². The summed E-state index contributed by atoms with van der Waals surface area (Å²) in [7, 11) is 0. The van der Waals surface area contributed by atoms with Gasteiger partial charge in [-0.25, -0.2) is 14.8 Å². The maximum absolute atomic E-state index is 12.6. The number of amides is 2. The highest BCUT2D eigenvalue weighted by Crippen LogP contribution is 2.26. The van der Waals surface area contributed by atoms with Gasteiger partial charge in [-0.2, -0.15) is 0 Å². The molecule has 2 heterocycles. The van der Waals surface area contributed by atoms with Crippen LogP contribution in [0.5, 0.6) is 0 Å². The van der Waals surface area contributed by atoms with Crippen LogP contribution >= 0.6 is 0 Å². The summed E-state index contributed by atoms with van der Waals surface area (Å²) in [4.78, 5) is 37.3. The molecule has 0 spiro atoms. The minimum atomic E-state index is -0.590. The Labute approximate surface area is 177 Å². The summed E-state index contributed by atoms with van der Waals surface area (Å²) in [5.74, 6) is 0.797. The summed E-state index contributed by atoms with van der Waals surface area (Å²) in [6, 6.07) is 4.23. The van der Waals surface area contributed by atoms with E-state index >= 15 is 0 Å². The van der Waals surface area contributed by atoms with Crippen molar-refractivity contribution >= 4 is 28.7 Å². The molecule has 1 aliphatic rings. The van der Waals surface area contributed by atoms with Gasteiger partial charge in [0.05, 0.1) is 5.52 Å². The number of ether oxygens (including phenoxy) is 1. The molecule has 0 atom stereocenters. The van der Waals surface area contributed by atoms with E-state index in [0.29, 0.717) is 19.6 Å². The van der Waals surface area contributed by atoms with E-state index in [1.165, 1.54) is 11.1 Å². The maximum Gasteiger partial charge on any atom is 0.408 e. The topological polar surface area (TPSA) is 87.7 Å². The van der Waals surface area contributed by atoms with Crippen molar-refractivity contribution in [3.63, 3.8) is 0 Å². The van der Waals surface area contributed by atoms with E-state index in [-0.39, 0.29) is 12.5 Å². The van der Waals surface area contributed by atoms with E-state index in [9.17, 15) is 9.59 Å². The van der Waals surface area contributed by atoms with E-state index in [1.807, 2.05) is 0 Å². The van der Waals surface area contributed by atoms with Crippen LogP contribution < -0.4 is 10.2 Å². The molecule has 0 unspecified atom stereocenters. The summed E-state index contributed by atoms with van der Waals surface area (Å²) in [5.41, 5.74) is 2.76. The summed E-state index contributed by atoms with van der Waals surface area (Å²) < 4.78 is 5.19. The number of carbonyl (C=O) groups excluding carboxylic acids is 2. The molecule has 0 bridgehead atoms. The number of hydrogen-bond donors (Lipinski definition) is 1. The van der Waals surface area contributed by atoms with Gasteiger partial charge < -0.3 is 19.9 Å². The molecule has 162 valence electrons. The van der Waals surface area contributed by atoms with E-state index in [4.69, 9.17) is 4.74 Å². The fourth-order valence-corrected chi connectivity index (χ4v) is 3.51. The molecule has 30 heavy (non-hydrogen) atoms. The number of aryl methyl sites for hydroxylation is 2. The van der Waals surface area contributed by atoms with Crippen molar-refractivity contribution in [2.75, 3.05) is 37.6 Å². The van der Waals surface area contributed by atoms with Gasteiger partial charge in [-0.1, -0.05) is 0 Å². The Balaban J connectivity index is 1.64. The average Bonchev–Trinajstić information content (AvgIpc) is 2.91. The van der Waals surface area contributed by atoms with Crippen LogP contribution in [0.1, 0.15) is 38.3 Å². The first kappa shape index (κ1) is 21.8. The van der Waals surface area contributed by atoms with Gasteiger partial charge in [0.25, 0.3) is 0 Å². The molecular formula is C22H31N5O3. The van der Waals surface area contributed by atoms with Crippen molar-refractivity contribution in [3.8, 4) is 0 Å². The number of nitrogens with one attached hydrogen (secondary N) is 1. The molecule has 8 nitrogen and oxygen atoms in total. The molecule has 1 aromatic heterocycles. The Morgan fingerprint density at radius 2 is 1.80 bits per heavy atom. The molecule has 1 aromatic carbocycles. The molecule has 0 radical (unpaired) electrons. The van der Waals surface area contributed by atoms with Crippen LogP contribution in [0.2, 0.25) is 0 Å². The van der Waals surface area contributed by atoms with Crippen molar-refractivity contribution in [2.24, 2.45) is 0 Å². The highest BCUT2D eigenvalue weighted by atomic mass is 16.6. The van der Waals surface area contributed by atoms with E-state index in [1.54, 1.807) is 32.0 Å². The second kappa shape index (κ2) is 8.85. The molecule has 1 fully saturated rings. The lowest BCUT2D eigenvalue weighted by atomic mass is 10.1. The van der Waals surface area contributed by atoms with Gasteiger partial charge in [-0.15, -0.1) is 0 Å². The maximum atomic E-state index is 12.6. The van der Waals surface area contributed by atoms with Gasteiger partial charge in [-0.3, -0.25) is 4.79 Å². The number of aromatic nitrogens is 2. The number of rotatable bonds is 3. The van der Waals surface area contributed by atoms with Crippen LogP contribution in [0.15, 0.2) is 18.5 Å². The summed E-state index contributed by atoms with van der Waals surface area (Å²) in [6.07, 6.45) is 1.85. The molecule has 0 saturated carbocycles. The number of fused-ring (bicyclic) bond motifs is 1. The van der Waals surface area contributed by atoms with Crippen LogP contribution in [-0.4, -0.2) is 65.2 Å². The molecule has 2 aromatic rings. The number of alkyl carbamates (subject to hydrolysis) is 1. The zero-order chi connectivity index (χ0) is 21.9. The smallest absolute Gasteiger partial charge is 0.408 e. The minimum absolute atomic E-state index is 0.0657. The van der Waals surface area contributed by atoms with E-state index in [0.717, 1.165) is 29.7 Å². The van der Waals surface area contributed by atoms with Gasteiger partial charge in [0.15, 0.2) is 0 Å². The van der Waals surface area contributed by atoms with Crippen LogP contribution in [-0.2, 0) is 9.53 Å². The van der Waals surface area contributed by atoms with Crippen LogP contribution in [0.3, 0.4) is 0 Å². The van der Waals surface area contributed by atoms with Gasteiger partial charge in [0, 0.05) is 31.6 Å². The standard InChI is InChI=1S/C22H31N5O3/c1-15-11-17-18(12-16(15)2)24-14-25-20(17)27-8-6-7-26(9-10-27)19(28)13-23-21(29)30-22(3,4)5/h11-12,14H,6-10,13H2,1-5H3,(H,23,29). The fraction of sp³-hybridized carbons (Fsp3) is 0.545. The van der Waals surface area contributed by atoms with Gasteiger partial charge in [0.2, 0.25) is 5.91 Å². The van der Waals surface area contributed by atoms with Gasteiger partial charge in [-0.05, 0) is 64.3 Å². The predicted octanol–water partition coefficient (Wildman–Crippen LogP) is 2.81. The predicted molar refractivity (Wildman–Crippen MR) is 117 cm³/mol. The summed E-state index contributed by atoms with van der Waals surface area (Å²) >= 11 is 0. The Morgan fingerprint density at radius 3 is 2.53 bits per heavy atom. The highest BCUT2D eigenvalue weighted by Gasteiger charge is 2.23. The third-order valence-corrected chi connectivity index (χ3v) is 5.16. The molecule has 8 heteroatoms. The van der Waals surface area contributed by atoms with Crippen molar-refractivity contribution in [1.29, 1.82) is 0 Å². The Hall–Kier alpha value is -2.90. The van der Waals surface area contributed by atoms with Crippen molar-refractivity contribution in [3.05, 3.63) is 29.6 Å². The molecule has 1 saturated heterocycles. The van der Waals surface area contributed by atoms with Crippen LogP contribution in [0.25, 0.3) is 10.9 Å². The molecular weight excluding hydrogens is 382 g/mol. The fourth-order valence-electron chi connectivity index (χ4n) is 3.51. The lowest BCUT2D eigenvalue weighted by Crippen LogP contribution is -2.43. The minimum Gasteiger partial charge on any atom is -0.444 e. The van der Waals surface area contributed by atoms with Crippen molar-refractivity contribution in [2.45, 2.75) is 46.6 Å². The lowest BCUT2D eigenvalue weighted by Gasteiger charge is -2.24. The number of anilines is 1. The number of carbonyl (C=O) groups is 2. The first-order chi connectivity index (χ1) is 14.1. The SMILES string of the molecule is Cc1cc2ncnc(N3CCCN(C(=O)CNC(=O)OC(C)(C)C)CC3)c2cc1C. The molecule has 0 aliphatic carbocycles. The largest absolute Gasteiger partial charge is 0.444 e. The first-order valence-corrected chi connectivity index (χ1v) is 10.4. The van der Waals surface area contributed by atoms with Crippen molar-refractivity contribution < 1.29 is 14.3 Å². The number of benzene rings is 1.